The van der Waals surface area contributed by atoms with Gasteiger partial charge in [-0.3, -0.25) is 29.6 Å². The quantitative estimate of drug-likeness (QED) is 0.193. The van der Waals surface area contributed by atoms with Crippen molar-refractivity contribution in [2.45, 2.75) is 26.9 Å². The normalized spacial score (nSPS) is 10.5. The number of carbonyl (C=O) groups excluding carboxylic acids is 4. The van der Waals surface area contributed by atoms with Crippen LogP contribution in [0.25, 0.3) is 0 Å². The summed E-state index contributed by atoms with van der Waals surface area (Å²) in [6.45, 7) is 2.10. The lowest BCUT2D eigenvalue weighted by atomic mass is 10.2. The molecule has 1 heterocycles. The molecule has 4 amide bonds. The molecule has 0 saturated carbocycles. The predicted molar refractivity (Wildman–Crippen MR) is 135 cm³/mol. The van der Waals surface area contributed by atoms with E-state index in [0.29, 0.717) is 21.5 Å². The fourth-order valence-corrected chi connectivity index (χ4v) is 3.66. The van der Waals surface area contributed by atoms with Gasteiger partial charge in [-0.1, -0.05) is 23.2 Å². The van der Waals surface area contributed by atoms with Crippen LogP contribution in [-0.2, 0) is 32.3 Å². The van der Waals surface area contributed by atoms with Crippen molar-refractivity contribution < 1.29 is 34.2 Å². The van der Waals surface area contributed by atoms with Crippen LogP contribution in [0, 0.1) is 0 Å². The Kier molecular flexibility index (Phi) is 8.84. The van der Waals surface area contributed by atoms with Gasteiger partial charge in [0.1, 0.15) is 12.4 Å². The molecule has 3 rings (SSSR count). The summed E-state index contributed by atoms with van der Waals surface area (Å²) >= 11 is 12.2. The summed E-state index contributed by atoms with van der Waals surface area (Å²) in [5, 5.41) is 26.7. The number of nitrogens with one attached hydrogen (secondary N) is 2. The van der Waals surface area contributed by atoms with Crippen LogP contribution in [0.5, 0.6) is 0 Å². The molecule has 14 heteroatoms. The number of hydroxylamine groups is 2. The van der Waals surface area contributed by atoms with E-state index in [9.17, 15) is 29.6 Å². The number of hydrogen-bond acceptors (Lipinski definition) is 6. The highest BCUT2D eigenvalue weighted by Crippen LogP contribution is 2.28. The minimum atomic E-state index is -0.699. The number of carbonyl (C=O) groups is 4. The molecule has 0 radical (unpaired) electrons. The highest BCUT2D eigenvalue weighted by molar-refractivity contribution is 6.34. The van der Waals surface area contributed by atoms with E-state index in [1.54, 1.807) is 0 Å². The Hall–Kier alpha value is -3.97. The molecule has 0 unspecified atom stereocenters. The first-order valence-corrected chi connectivity index (χ1v) is 11.4. The molecule has 4 N–H and O–H groups in total. The molecule has 0 aliphatic heterocycles. The van der Waals surface area contributed by atoms with E-state index in [4.69, 9.17) is 23.2 Å². The summed E-state index contributed by atoms with van der Waals surface area (Å²) < 4.78 is 2.85. The van der Waals surface area contributed by atoms with E-state index in [1.165, 1.54) is 78.1 Å². The molecule has 0 aliphatic rings. The van der Waals surface area contributed by atoms with Crippen molar-refractivity contribution in [3.63, 3.8) is 0 Å². The molecule has 12 nitrogen and oxygen atoms in total. The van der Waals surface area contributed by atoms with Crippen molar-refractivity contribution in [1.82, 2.24) is 4.57 Å². The van der Waals surface area contributed by atoms with Crippen LogP contribution >= 0.6 is 23.2 Å². The maximum absolute atomic E-state index is 12.5. The van der Waals surface area contributed by atoms with Crippen molar-refractivity contribution in [2.75, 3.05) is 20.8 Å². The lowest BCUT2D eigenvalue weighted by Gasteiger charge is -2.15. The molecule has 0 fully saturated rings. The number of anilines is 4. The highest BCUT2D eigenvalue weighted by atomic mass is 35.5. The van der Waals surface area contributed by atoms with Crippen LogP contribution in [0.1, 0.15) is 13.8 Å². The summed E-state index contributed by atoms with van der Waals surface area (Å²) in [6.07, 6.45) is 4.45. The Morgan fingerprint density at radius 1 is 0.865 bits per heavy atom. The summed E-state index contributed by atoms with van der Waals surface area (Å²) in [7, 11) is 0. The smallest absolute Gasteiger partial charge is 0.292 e. The average Bonchev–Trinajstić information content (AvgIpc) is 3.26. The van der Waals surface area contributed by atoms with Crippen LogP contribution in [0.4, 0.5) is 22.7 Å². The summed E-state index contributed by atoms with van der Waals surface area (Å²) in [6, 6.07) is 8.37. The lowest BCUT2D eigenvalue weighted by Crippen LogP contribution is -2.43. The number of aromatic nitrogens is 2. The Labute approximate surface area is 221 Å². The van der Waals surface area contributed by atoms with Crippen LogP contribution in [-0.4, -0.2) is 38.6 Å². The molecule has 3 aromatic rings. The van der Waals surface area contributed by atoms with Crippen molar-refractivity contribution in [3.05, 3.63) is 65.2 Å². The van der Waals surface area contributed by atoms with Crippen LogP contribution in [0.3, 0.4) is 0 Å². The molecule has 0 spiro atoms. The van der Waals surface area contributed by atoms with Crippen molar-refractivity contribution in [1.29, 1.82) is 0 Å². The second-order valence-corrected chi connectivity index (χ2v) is 8.67. The topological polar surface area (TPSA) is 148 Å². The SMILES string of the molecule is CC(=O)Nc1ccc(N(O)C(=O)Cn2cc[n+](CC(=O)N(O)c3ccc(NC(C)=O)c(Cl)c3)c2)cc1Cl. The third kappa shape index (κ3) is 7.27. The zero-order valence-corrected chi connectivity index (χ0v) is 21.2. The Morgan fingerprint density at radius 2 is 1.35 bits per heavy atom. The Bertz CT molecular complexity index is 1260. The van der Waals surface area contributed by atoms with E-state index >= 15 is 0 Å². The van der Waals surface area contributed by atoms with Crippen LogP contribution in [0.2, 0.25) is 10.0 Å². The summed E-state index contributed by atoms with van der Waals surface area (Å²) in [5.41, 5.74) is 0.856. The van der Waals surface area contributed by atoms with E-state index in [-0.39, 0.29) is 46.3 Å². The minimum absolute atomic E-state index is 0.0958. The molecule has 0 atom stereocenters. The number of halogens is 2. The molecule has 0 saturated heterocycles. The molecule has 0 bridgehead atoms. The Balaban J connectivity index is 1.61. The minimum Gasteiger partial charge on any atom is -0.325 e. The third-order valence-corrected chi connectivity index (χ3v) is 5.50. The molecular formula is C23H23Cl2N6O6+. The molecule has 194 valence electrons. The standard InChI is InChI=1S/C23H22Cl2N6O6/c1-14(32)26-20-5-3-16(9-18(20)24)30(36)22(34)11-28-7-8-29(13-28)12-23(35)31(37)17-4-6-21(19(25)10-17)27-15(2)33/h3-10,13,36-37H,11-12H2,1-2H3,(H-,26,27,32,33)/p+1. The molecule has 37 heavy (non-hydrogen) atoms. The third-order valence-electron chi connectivity index (χ3n) is 4.87. The largest absolute Gasteiger partial charge is 0.325 e. The van der Waals surface area contributed by atoms with Gasteiger partial charge in [-0.2, -0.15) is 10.1 Å². The van der Waals surface area contributed by atoms with Gasteiger partial charge in [-0.15, -0.1) is 0 Å². The number of imidazole rings is 1. The predicted octanol–water partition coefficient (Wildman–Crippen LogP) is 2.84. The van der Waals surface area contributed by atoms with Crippen molar-refractivity contribution in [3.8, 4) is 0 Å². The second kappa shape index (κ2) is 11.8. The van der Waals surface area contributed by atoms with Crippen LogP contribution in [0.15, 0.2) is 55.1 Å². The molecule has 2 aromatic carbocycles. The van der Waals surface area contributed by atoms with Gasteiger partial charge >= 0.3 is 0 Å². The van der Waals surface area contributed by atoms with E-state index < -0.39 is 11.8 Å². The lowest BCUT2D eigenvalue weighted by molar-refractivity contribution is -0.683. The first-order chi connectivity index (χ1) is 17.4. The first kappa shape index (κ1) is 27.6. The Morgan fingerprint density at radius 3 is 1.81 bits per heavy atom. The van der Waals surface area contributed by atoms with Gasteiger partial charge in [0.2, 0.25) is 18.1 Å². The van der Waals surface area contributed by atoms with Gasteiger partial charge in [0.15, 0.2) is 13.1 Å². The summed E-state index contributed by atoms with van der Waals surface area (Å²) in [5.74, 6) is -2.04. The highest BCUT2D eigenvalue weighted by Gasteiger charge is 2.21. The van der Waals surface area contributed by atoms with E-state index in [1.807, 2.05) is 0 Å². The van der Waals surface area contributed by atoms with Gasteiger partial charge in [-0.05, 0) is 36.4 Å². The van der Waals surface area contributed by atoms with E-state index in [0.717, 1.165) is 0 Å². The number of nitrogens with zero attached hydrogens (tertiary/aromatic N) is 4. The molecular weight excluding hydrogens is 527 g/mol. The summed E-state index contributed by atoms with van der Waals surface area (Å²) in [4.78, 5) is 47.4. The number of benzene rings is 2. The van der Waals surface area contributed by atoms with Gasteiger partial charge in [0, 0.05) is 13.8 Å². The van der Waals surface area contributed by atoms with Gasteiger partial charge in [0.25, 0.3) is 11.8 Å². The number of rotatable bonds is 8. The fourth-order valence-electron chi connectivity index (χ4n) is 3.21. The van der Waals surface area contributed by atoms with Crippen molar-refractivity contribution in [2.24, 2.45) is 0 Å². The second-order valence-electron chi connectivity index (χ2n) is 7.86. The molecule has 1 aromatic heterocycles. The van der Waals surface area contributed by atoms with Crippen LogP contribution < -0.4 is 25.3 Å². The zero-order chi connectivity index (χ0) is 27.3. The first-order valence-electron chi connectivity index (χ1n) is 10.7. The monoisotopic (exact) mass is 549 g/mol. The van der Waals surface area contributed by atoms with Gasteiger partial charge in [0.05, 0.1) is 32.8 Å². The van der Waals surface area contributed by atoms with Crippen molar-refractivity contribution >= 4 is 69.6 Å². The number of amides is 4. The zero-order valence-electron chi connectivity index (χ0n) is 19.7. The number of hydrogen-bond donors (Lipinski definition) is 4. The average molecular weight is 550 g/mol. The van der Waals surface area contributed by atoms with Gasteiger partial charge in [-0.25, -0.2) is 9.13 Å². The maximum atomic E-state index is 12.5. The maximum Gasteiger partial charge on any atom is 0.292 e. The van der Waals surface area contributed by atoms with E-state index in [2.05, 4.69) is 10.6 Å². The van der Waals surface area contributed by atoms with Gasteiger partial charge < -0.3 is 10.6 Å². The molecule has 0 aliphatic carbocycles. The fraction of sp³-hybridized carbons (Fsp3) is 0.174.